The lowest BCUT2D eigenvalue weighted by Gasteiger charge is -2.28. The molecule has 0 unspecified atom stereocenters. The molecule has 0 aliphatic carbocycles. The van der Waals surface area contributed by atoms with Gasteiger partial charge in [0.25, 0.3) is 0 Å². The van der Waals surface area contributed by atoms with Crippen LogP contribution in [0.1, 0.15) is 16.9 Å². The second-order valence-corrected chi connectivity index (χ2v) is 6.91. The van der Waals surface area contributed by atoms with Crippen molar-refractivity contribution in [3.63, 3.8) is 0 Å². The maximum Gasteiger partial charge on any atom is 0.151 e. The van der Waals surface area contributed by atoms with Crippen LogP contribution in [0, 0.1) is 0 Å². The van der Waals surface area contributed by atoms with Gasteiger partial charge in [0.15, 0.2) is 5.76 Å². The maximum absolute atomic E-state index is 6.35. The van der Waals surface area contributed by atoms with Crippen LogP contribution in [0.4, 0.5) is 0 Å². The number of halogens is 2. The van der Waals surface area contributed by atoms with E-state index in [9.17, 15) is 0 Å². The lowest BCUT2D eigenvalue weighted by molar-refractivity contribution is 0.215. The van der Waals surface area contributed by atoms with Gasteiger partial charge in [-0.2, -0.15) is 5.10 Å². The highest BCUT2D eigenvalue weighted by atomic mass is 35.5. The van der Waals surface area contributed by atoms with E-state index in [-0.39, 0.29) is 0 Å². The molecule has 4 rings (SSSR count). The van der Waals surface area contributed by atoms with Crippen molar-refractivity contribution in [3.05, 3.63) is 57.5 Å². The van der Waals surface area contributed by atoms with Gasteiger partial charge in [-0.3, -0.25) is 9.58 Å². The predicted octanol–water partition coefficient (Wildman–Crippen LogP) is 3.94. The zero-order valence-corrected chi connectivity index (χ0v) is 14.7. The molecule has 124 valence electrons. The molecule has 1 aliphatic heterocycles. The molecule has 0 atom stereocenters. The Kier molecular flexibility index (Phi) is 4.08. The summed E-state index contributed by atoms with van der Waals surface area (Å²) < 4.78 is 7.23. The first-order valence-corrected chi connectivity index (χ1v) is 8.48. The van der Waals surface area contributed by atoms with Gasteiger partial charge < -0.3 is 4.52 Å². The van der Waals surface area contributed by atoms with Crippen LogP contribution in [0.5, 0.6) is 0 Å². The minimum Gasteiger partial charge on any atom is -0.359 e. The smallest absolute Gasteiger partial charge is 0.151 e. The molecule has 24 heavy (non-hydrogen) atoms. The van der Waals surface area contributed by atoms with Gasteiger partial charge >= 0.3 is 0 Å². The monoisotopic (exact) mass is 362 g/mol. The fraction of sp³-hybridized carbons (Fsp3) is 0.294. The van der Waals surface area contributed by atoms with Crippen molar-refractivity contribution in [1.82, 2.24) is 19.8 Å². The molecule has 0 saturated carbocycles. The molecule has 3 aromatic rings. The van der Waals surface area contributed by atoms with E-state index in [1.165, 1.54) is 5.56 Å². The number of aromatic nitrogens is 3. The Bertz CT molecular complexity index is 887. The Morgan fingerprint density at radius 3 is 2.92 bits per heavy atom. The van der Waals surface area contributed by atoms with E-state index in [0.717, 1.165) is 47.1 Å². The van der Waals surface area contributed by atoms with Gasteiger partial charge in [0.05, 0.1) is 12.7 Å². The van der Waals surface area contributed by atoms with Gasteiger partial charge in [0, 0.05) is 48.0 Å². The summed E-state index contributed by atoms with van der Waals surface area (Å²) in [7, 11) is 1.88. The molecule has 1 aliphatic rings. The third kappa shape index (κ3) is 3.07. The Balaban J connectivity index is 1.50. The summed E-state index contributed by atoms with van der Waals surface area (Å²) in [6.07, 6.45) is 4.63. The summed E-state index contributed by atoms with van der Waals surface area (Å²) in [5, 5.41) is 9.73. The summed E-state index contributed by atoms with van der Waals surface area (Å²) in [6.45, 7) is 2.42. The standard InChI is InChI=1S/C17H16Cl2N4O/c1-22-8-12(7-20-22)17-6-14(24-21-17)9-23-3-2-11-4-13(18)5-16(19)15(11)10-23/h4-8H,2-3,9-10H2,1H3. The van der Waals surface area contributed by atoms with Crippen LogP contribution >= 0.6 is 23.2 Å². The van der Waals surface area contributed by atoms with E-state index >= 15 is 0 Å². The Morgan fingerprint density at radius 2 is 2.12 bits per heavy atom. The van der Waals surface area contributed by atoms with Crippen molar-refractivity contribution in [1.29, 1.82) is 0 Å². The molecule has 3 heterocycles. The highest BCUT2D eigenvalue weighted by Crippen LogP contribution is 2.30. The lowest BCUT2D eigenvalue weighted by Crippen LogP contribution is -2.30. The number of aryl methyl sites for hydroxylation is 1. The van der Waals surface area contributed by atoms with Crippen LogP contribution in [-0.4, -0.2) is 26.4 Å². The summed E-state index contributed by atoms with van der Waals surface area (Å²) in [6, 6.07) is 5.78. The second-order valence-electron chi connectivity index (χ2n) is 6.07. The van der Waals surface area contributed by atoms with Crippen molar-refractivity contribution in [2.24, 2.45) is 7.05 Å². The Hall–Kier alpha value is -1.82. The molecule has 0 radical (unpaired) electrons. The minimum absolute atomic E-state index is 0.698. The molecule has 0 fully saturated rings. The van der Waals surface area contributed by atoms with E-state index in [2.05, 4.69) is 15.2 Å². The third-order valence-corrected chi connectivity index (χ3v) is 4.83. The largest absolute Gasteiger partial charge is 0.359 e. The molecule has 0 spiro atoms. The number of rotatable bonds is 3. The van der Waals surface area contributed by atoms with Crippen LogP contribution in [-0.2, 0) is 26.6 Å². The number of hydrogen-bond donors (Lipinski definition) is 0. The van der Waals surface area contributed by atoms with E-state index < -0.39 is 0 Å². The molecule has 0 N–H and O–H groups in total. The first kappa shape index (κ1) is 15.7. The first-order chi connectivity index (χ1) is 11.6. The molecular formula is C17H16Cl2N4O. The number of benzene rings is 1. The van der Waals surface area contributed by atoms with E-state index in [4.69, 9.17) is 27.7 Å². The van der Waals surface area contributed by atoms with Gasteiger partial charge in [-0.25, -0.2) is 0 Å². The van der Waals surface area contributed by atoms with Crippen LogP contribution in [0.15, 0.2) is 35.1 Å². The fourth-order valence-corrected chi connectivity index (χ4v) is 3.67. The van der Waals surface area contributed by atoms with Crippen molar-refractivity contribution < 1.29 is 4.52 Å². The highest BCUT2D eigenvalue weighted by Gasteiger charge is 2.21. The van der Waals surface area contributed by atoms with E-state index in [1.807, 2.05) is 25.4 Å². The third-order valence-electron chi connectivity index (χ3n) is 4.27. The van der Waals surface area contributed by atoms with Crippen molar-refractivity contribution in [2.75, 3.05) is 6.54 Å². The zero-order valence-electron chi connectivity index (χ0n) is 13.2. The molecule has 1 aromatic carbocycles. The number of nitrogens with zero attached hydrogens (tertiary/aromatic N) is 4. The van der Waals surface area contributed by atoms with Gasteiger partial charge in [-0.05, 0) is 29.7 Å². The summed E-state index contributed by atoms with van der Waals surface area (Å²) in [4.78, 5) is 2.30. The van der Waals surface area contributed by atoms with Crippen LogP contribution in [0.3, 0.4) is 0 Å². The minimum atomic E-state index is 0.698. The quantitative estimate of drug-likeness (QED) is 0.707. The van der Waals surface area contributed by atoms with Crippen molar-refractivity contribution >= 4 is 23.2 Å². The topological polar surface area (TPSA) is 47.1 Å². The summed E-state index contributed by atoms with van der Waals surface area (Å²) in [5.41, 5.74) is 4.14. The maximum atomic E-state index is 6.35. The van der Waals surface area contributed by atoms with Gasteiger partial charge in [0.2, 0.25) is 0 Å². The second kappa shape index (κ2) is 6.24. The number of fused-ring (bicyclic) bond motifs is 1. The van der Waals surface area contributed by atoms with Crippen LogP contribution < -0.4 is 0 Å². The summed E-state index contributed by atoms with van der Waals surface area (Å²) >= 11 is 12.4. The van der Waals surface area contributed by atoms with Gasteiger partial charge in [0.1, 0.15) is 5.69 Å². The normalized spacial score (nSPS) is 14.8. The first-order valence-electron chi connectivity index (χ1n) is 7.72. The lowest BCUT2D eigenvalue weighted by atomic mass is 9.99. The molecule has 0 saturated heterocycles. The molecule has 7 heteroatoms. The Labute approximate surface area is 149 Å². The zero-order chi connectivity index (χ0) is 16.7. The van der Waals surface area contributed by atoms with Gasteiger partial charge in [-0.15, -0.1) is 0 Å². The molecule has 5 nitrogen and oxygen atoms in total. The van der Waals surface area contributed by atoms with Crippen molar-refractivity contribution in [3.8, 4) is 11.3 Å². The fourth-order valence-electron chi connectivity index (χ4n) is 3.07. The predicted molar refractivity (Wildman–Crippen MR) is 93.0 cm³/mol. The van der Waals surface area contributed by atoms with Gasteiger partial charge in [-0.1, -0.05) is 28.4 Å². The van der Waals surface area contributed by atoms with Crippen molar-refractivity contribution in [2.45, 2.75) is 19.5 Å². The number of hydrogen-bond acceptors (Lipinski definition) is 4. The van der Waals surface area contributed by atoms with E-state index in [0.29, 0.717) is 11.6 Å². The average molecular weight is 363 g/mol. The molecular weight excluding hydrogens is 347 g/mol. The Morgan fingerprint density at radius 1 is 1.25 bits per heavy atom. The highest BCUT2D eigenvalue weighted by molar-refractivity contribution is 6.35. The van der Waals surface area contributed by atoms with E-state index in [1.54, 1.807) is 16.9 Å². The average Bonchev–Trinajstić information content (AvgIpc) is 3.17. The van der Waals surface area contributed by atoms with Crippen LogP contribution in [0.25, 0.3) is 11.3 Å². The SMILES string of the molecule is Cn1cc(-c2cc(CN3CCc4cc(Cl)cc(Cl)c4C3)on2)cn1. The molecule has 0 bridgehead atoms. The van der Waals surface area contributed by atoms with Crippen LogP contribution in [0.2, 0.25) is 10.0 Å². The molecule has 2 aromatic heterocycles. The summed E-state index contributed by atoms with van der Waals surface area (Å²) in [5.74, 6) is 0.836. The molecule has 0 amide bonds.